The minimum atomic E-state index is 0.139. The van der Waals surface area contributed by atoms with E-state index >= 15 is 0 Å². The molecule has 1 rings (SSSR count). The fourth-order valence-electron chi connectivity index (χ4n) is 1.10. The van der Waals surface area contributed by atoms with Gasteiger partial charge in [0, 0.05) is 18.8 Å². The van der Waals surface area contributed by atoms with E-state index in [1.807, 2.05) is 18.2 Å². The van der Waals surface area contributed by atoms with Crippen LogP contribution in [0.25, 0.3) is 0 Å². The van der Waals surface area contributed by atoms with Crippen LogP contribution in [0, 0.1) is 11.3 Å². The fraction of sp³-hybridized carbons (Fsp3) is 0.300. The Kier molecular flexibility index (Phi) is 4.77. The first-order valence-electron chi connectivity index (χ1n) is 4.55. The summed E-state index contributed by atoms with van der Waals surface area (Å²) in [7, 11) is 0.434. The first kappa shape index (κ1) is 10.8. The van der Waals surface area contributed by atoms with Crippen LogP contribution in [-0.4, -0.2) is 25.8 Å². The molecule has 0 radical (unpaired) electrons. The number of hydrogen-bond donors (Lipinski definition) is 1. The predicted octanol–water partition coefficient (Wildman–Crippen LogP) is -0.0659. The molecule has 14 heavy (non-hydrogen) atoms. The summed E-state index contributed by atoms with van der Waals surface area (Å²) in [5, 5.41) is 17.3. The number of hydrogen-bond acceptors (Lipinski definition) is 3. The Morgan fingerprint density at radius 1 is 1.43 bits per heavy atom. The summed E-state index contributed by atoms with van der Waals surface area (Å²) < 4.78 is 5.29. The molecule has 0 fully saturated rings. The van der Waals surface area contributed by atoms with E-state index in [-0.39, 0.29) is 6.61 Å². The van der Waals surface area contributed by atoms with E-state index < -0.39 is 0 Å². The fourth-order valence-corrected chi connectivity index (χ4v) is 1.10. The van der Waals surface area contributed by atoms with Crippen molar-refractivity contribution < 1.29 is 9.76 Å². The number of rotatable bonds is 5. The molecule has 4 heteroatoms. The molecular weight excluding hydrogens is 177 g/mol. The quantitative estimate of drug-likeness (QED) is 0.521. The summed E-state index contributed by atoms with van der Waals surface area (Å²) in [5.74, 6) is 0. The predicted molar refractivity (Wildman–Crippen MR) is 55.6 cm³/mol. The van der Waals surface area contributed by atoms with E-state index in [2.05, 4.69) is 6.07 Å². The summed E-state index contributed by atoms with van der Waals surface area (Å²) in [4.78, 5) is 0. The second-order valence-electron chi connectivity index (χ2n) is 2.90. The molecule has 0 atom stereocenters. The molecular formula is C10H12BNO2. The molecule has 0 heterocycles. The van der Waals surface area contributed by atoms with Gasteiger partial charge in [-0.2, -0.15) is 5.26 Å². The SMILES string of the molecule is N#Cc1ccccc1BOCCCO. The molecule has 3 nitrogen and oxygen atoms in total. The van der Waals surface area contributed by atoms with Crippen LogP contribution in [0.4, 0.5) is 0 Å². The van der Waals surface area contributed by atoms with Crippen molar-refractivity contribution in [3.63, 3.8) is 0 Å². The lowest BCUT2D eigenvalue weighted by molar-refractivity contribution is 0.240. The summed E-state index contributed by atoms with van der Waals surface area (Å²) in [6.07, 6.45) is 0.634. The highest BCUT2D eigenvalue weighted by Gasteiger charge is 2.02. The summed E-state index contributed by atoms with van der Waals surface area (Å²) in [6.45, 7) is 0.663. The zero-order chi connectivity index (χ0) is 10.2. The molecule has 0 aromatic heterocycles. The maximum atomic E-state index is 8.78. The van der Waals surface area contributed by atoms with Gasteiger partial charge in [-0.25, -0.2) is 0 Å². The van der Waals surface area contributed by atoms with Crippen molar-refractivity contribution in [1.29, 1.82) is 5.26 Å². The third-order valence-electron chi connectivity index (χ3n) is 1.84. The lowest BCUT2D eigenvalue weighted by Gasteiger charge is -2.02. The Bertz CT molecular complexity index is 322. The number of aliphatic hydroxyl groups is 1. The van der Waals surface area contributed by atoms with Crippen LogP contribution in [0.15, 0.2) is 24.3 Å². The van der Waals surface area contributed by atoms with E-state index in [1.165, 1.54) is 0 Å². The second-order valence-corrected chi connectivity index (χ2v) is 2.90. The van der Waals surface area contributed by atoms with Gasteiger partial charge < -0.3 is 9.76 Å². The van der Waals surface area contributed by atoms with Gasteiger partial charge in [-0.3, -0.25) is 0 Å². The van der Waals surface area contributed by atoms with Crippen LogP contribution >= 0.6 is 0 Å². The summed E-state index contributed by atoms with van der Waals surface area (Å²) in [5.41, 5.74) is 1.55. The zero-order valence-electron chi connectivity index (χ0n) is 7.94. The molecule has 72 valence electrons. The van der Waals surface area contributed by atoms with Gasteiger partial charge in [0.1, 0.15) is 0 Å². The Labute approximate surface area is 84.2 Å². The van der Waals surface area contributed by atoms with Crippen LogP contribution in [0.5, 0.6) is 0 Å². The Balaban J connectivity index is 2.46. The summed E-state index contributed by atoms with van der Waals surface area (Å²) in [6, 6.07) is 9.46. The molecule has 0 aliphatic rings. The lowest BCUT2D eigenvalue weighted by atomic mass is 9.84. The standard InChI is InChI=1S/C10H12BNO2/c12-8-9-4-1-2-5-10(9)11-14-7-3-6-13/h1-2,4-5,11,13H,3,6-7H2. The van der Waals surface area contributed by atoms with Crippen molar-refractivity contribution in [3.05, 3.63) is 29.8 Å². The average Bonchev–Trinajstić information content (AvgIpc) is 2.25. The highest BCUT2D eigenvalue weighted by molar-refractivity contribution is 6.47. The molecule has 0 unspecified atom stereocenters. The number of aliphatic hydroxyl groups excluding tert-OH is 1. The van der Waals surface area contributed by atoms with Gasteiger partial charge in [-0.15, -0.1) is 0 Å². The second kappa shape index (κ2) is 6.19. The van der Waals surface area contributed by atoms with Gasteiger partial charge in [0.25, 0.3) is 0 Å². The molecule has 0 aliphatic carbocycles. The van der Waals surface area contributed by atoms with E-state index in [0.29, 0.717) is 26.1 Å². The van der Waals surface area contributed by atoms with E-state index in [9.17, 15) is 0 Å². The van der Waals surface area contributed by atoms with Crippen LogP contribution in [0.2, 0.25) is 0 Å². The van der Waals surface area contributed by atoms with Crippen molar-refractivity contribution in [3.8, 4) is 6.07 Å². The molecule has 0 spiro atoms. The lowest BCUT2D eigenvalue weighted by Crippen LogP contribution is -2.21. The van der Waals surface area contributed by atoms with Crippen LogP contribution in [0.1, 0.15) is 12.0 Å². The van der Waals surface area contributed by atoms with Gasteiger partial charge >= 0.3 is 7.48 Å². The van der Waals surface area contributed by atoms with E-state index in [1.54, 1.807) is 6.07 Å². The van der Waals surface area contributed by atoms with Crippen molar-refractivity contribution in [2.24, 2.45) is 0 Å². The number of nitriles is 1. The minimum Gasteiger partial charge on any atom is -0.434 e. The third kappa shape index (κ3) is 3.21. The Morgan fingerprint density at radius 2 is 2.21 bits per heavy atom. The van der Waals surface area contributed by atoms with Crippen LogP contribution in [-0.2, 0) is 4.65 Å². The third-order valence-corrected chi connectivity index (χ3v) is 1.84. The number of benzene rings is 1. The minimum absolute atomic E-state index is 0.139. The van der Waals surface area contributed by atoms with Gasteiger partial charge in [-0.1, -0.05) is 18.2 Å². The Hall–Kier alpha value is -1.31. The maximum absolute atomic E-state index is 8.78. The molecule has 0 aliphatic heterocycles. The van der Waals surface area contributed by atoms with Crippen molar-refractivity contribution >= 4 is 12.9 Å². The van der Waals surface area contributed by atoms with E-state index in [4.69, 9.17) is 15.0 Å². The molecule has 1 aromatic rings. The van der Waals surface area contributed by atoms with Crippen LogP contribution in [0.3, 0.4) is 0 Å². The monoisotopic (exact) mass is 189 g/mol. The van der Waals surface area contributed by atoms with Crippen molar-refractivity contribution in [1.82, 2.24) is 0 Å². The highest BCUT2D eigenvalue weighted by atomic mass is 16.4. The van der Waals surface area contributed by atoms with Crippen molar-refractivity contribution in [2.45, 2.75) is 6.42 Å². The van der Waals surface area contributed by atoms with E-state index in [0.717, 1.165) is 5.46 Å². The van der Waals surface area contributed by atoms with Crippen molar-refractivity contribution in [2.75, 3.05) is 13.2 Å². The topological polar surface area (TPSA) is 53.2 Å². The number of nitrogens with zero attached hydrogens (tertiary/aromatic N) is 1. The maximum Gasteiger partial charge on any atom is 0.309 e. The smallest absolute Gasteiger partial charge is 0.309 e. The zero-order valence-corrected chi connectivity index (χ0v) is 7.94. The highest BCUT2D eigenvalue weighted by Crippen LogP contribution is 1.93. The van der Waals surface area contributed by atoms with Crippen LogP contribution < -0.4 is 5.46 Å². The molecule has 0 amide bonds. The first-order valence-corrected chi connectivity index (χ1v) is 4.55. The first-order chi connectivity index (χ1) is 6.88. The van der Waals surface area contributed by atoms with Gasteiger partial charge in [0.15, 0.2) is 0 Å². The molecule has 1 aromatic carbocycles. The largest absolute Gasteiger partial charge is 0.434 e. The van der Waals surface area contributed by atoms with Gasteiger partial charge in [-0.05, 0) is 17.9 Å². The Morgan fingerprint density at radius 3 is 2.93 bits per heavy atom. The molecule has 0 saturated heterocycles. The molecule has 1 N–H and O–H groups in total. The molecule has 0 bridgehead atoms. The average molecular weight is 189 g/mol. The molecule has 0 saturated carbocycles. The van der Waals surface area contributed by atoms with Gasteiger partial charge in [0.2, 0.25) is 0 Å². The van der Waals surface area contributed by atoms with Gasteiger partial charge in [0.05, 0.1) is 6.07 Å². The summed E-state index contributed by atoms with van der Waals surface area (Å²) >= 11 is 0. The normalized spacial score (nSPS) is 9.43.